The van der Waals surface area contributed by atoms with Gasteiger partial charge in [-0.3, -0.25) is 0 Å². The molecule has 3 nitrogen and oxygen atoms in total. The minimum absolute atomic E-state index is 0.238. The number of aryl methyl sites for hydroxylation is 1. The molecule has 2 rings (SSSR count). The van der Waals surface area contributed by atoms with E-state index in [-0.39, 0.29) is 5.56 Å². The van der Waals surface area contributed by atoms with Crippen molar-refractivity contribution < 1.29 is 9.90 Å². The van der Waals surface area contributed by atoms with Gasteiger partial charge in [0.1, 0.15) is 0 Å². The lowest BCUT2D eigenvalue weighted by molar-refractivity contribution is 0.0698. The number of carboxylic acid groups (broad SMARTS) is 1. The maximum atomic E-state index is 11.2. The summed E-state index contributed by atoms with van der Waals surface area (Å²) < 4.78 is 0.775. The number of carboxylic acids is 1. The van der Waals surface area contributed by atoms with Gasteiger partial charge in [0.05, 0.1) is 16.9 Å². The molecule has 98 valence electrons. The highest BCUT2D eigenvalue weighted by Crippen LogP contribution is 2.30. The molecular formula is C14H11BrClNO2. The number of anilines is 2. The summed E-state index contributed by atoms with van der Waals surface area (Å²) in [5.41, 5.74) is 2.44. The van der Waals surface area contributed by atoms with Crippen molar-refractivity contribution in [3.8, 4) is 0 Å². The molecule has 0 aliphatic rings. The van der Waals surface area contributed by atoms with Gasteiger partial charge in [0.15, 0.2) is 0 Å². The third kappa shape index (κ3) is 3.28. The van der Waals surface area contributed by atoms with E-state index in [1.165, 1.54) is 0 Å². The zero-order valence-electron chi connectivity index (χ0n) is 10.1. The van der Waals surface area contributed by atoms with Gasteiger partial charge in [0.25, 0.3) is 0 Å². The average molecular weight is 341 g/mol. The highest BCUT2D eigenvalue weighted by Gasteiger charge is 2.11. The Kier molecular flexibility index (Phi) is 4.12. The third-order valence-corrected chi connectivity index (χ3v) is 3.50. The summed E-state index contributed by atoms with van der Waals surface area (Å²) in [6.07, 6.45) is 0. The Morgan fingerprint density at radius 1 is 1.21 bits per heavy atom. The second-order valence-electron chi connectivity index (χ2n) is 4.10. The Bertz CT molecular complexity index is 643. The predicted octanol–water partition coefficient (Wildman–Crippen LogP) is 4.85. The Morgan fingerprint density at radius 2 is 1.89 bits per heavy atom. The highest BCUT2D eigenvalue weighted by molar-refractivity contribution is 9.10. The molecule has 0 aliphatic carbocycles. The van der Waals surface area contributed by atoms with Gasteiger partial charge in [-0.05, 0) is 53.2 Å². The van der Waals surface area contributed by atoms with Gasteiger partial charge in [-0.25, -0.2) is 4.79 Å². The summed E-state index contributed by atoms with van der Waals surface area (Å²) >= 11 is 9.26. The molecule has 0 aliphatic heterocycles. The fourth-order valence-electron chi connectivity index (χ4n) is 1.68. The van der Waals surface area contributed by atoms with Crippen molar-refractivity contribution in [2.45, 2.75) is 6.92 Å². The average Bonchev–Trinajstić information content (AvgIpc) is 2.34. The van der Waals surface area contributed by atoms with E-state index in [0.29, 0.717) is 10.7 Å². The SMILES string of the molecule is Cc1ccc(Nc2ccc(Cl)cc2Br)c(C(=O)O)c1. The van der Waals surface area contributed by atoms with Gasteiger partial charge in [0, 0.05) is 9.50 Å². The highest BCUT2D eigenvalue weighted by atomic mass is 79.9. The first kappa shape index (κ1) is 13.9. The lowest BCUT2D eigenvalue weighted by Crippen LogP contribution is -2.03. The van der Waals surface area contributed by atoms with E-state index < -0.39 is 5.97 Å². The summed E-state index contributed by atoms with van der Waals surface area (Å²) in [4.78, 5) is 11.2. The molecule has 0 spiro atoms. The van der Waals surface area contributed by atoms with Crippen LogP contribution >= 0.6 is 27.5 Å². The Balaban J connectivity index is 2.40. The Labute approximate surface area is 124 Å². The lowest BCUT2D eigenvalue weighted by atomic mass is 10.1. The van der Waals surface area contributed by atoms with Crippen molar-refractivity contribution in [1.29, 1.82) is 0 Å². The molecule has 2 aromatic rings. The maximum Gasteiger partial charge on any atom is 0.337 e. The smallest absolute Gasteiger partial charge is 0.337 e. The largest absolute Gasteiger partial charge is 0.478 e. The number of nitrogens with one attached hydrogen (secondary N) is 1. The normalized spacial score (nSPS) is 10.3. The van der Waals surface area contributed by atoms with Crippen molar-refractivity contribution in [3.05, 3.63) is 57.0 Å². The van der Waals surface area contributed by atoms with Crippen LogP contribution in [0.2, 0.25) is 5.02 Å². The van der Waals surface area contributed by atoms with E-state index in [0.717, 1.165) is 15.7 Å². The monoisotopic (exact) mass is 339 g/mol. The first-order chi connectivity index (χ1) is 8.97. The van der Waals surface area contributed by atoms with Gasteiger partial charge in [-0.15, -0.1) is 0 Å². The first-order valence-corrected chi connectivity index (χ1v) is 6.70. The maximum absolute atomic E-state index is 11.2. The van der Waals surface area contributed by atoms with Crippen LogP contribution < -0.4 is 5.32 Å². The van der Waals surface area contributed by atoms with Gasteiger partial charge >= 0.3 is 5.97 Å². The first-order valence-electron chi connectivity index (χ1n) is 5.53. The van der Waals surface area contributed by atoms with Crippen molar-refractivity contribution in [2.75, 3.05) is 5.32 Å². The van der Waals surface area contributed by atoms with Crippen LogP contribution in [0.3, 0.4) is 0 Å². The Hall–Kier alpha value is -1.52. The van der Waals surface area contributed by atoms with Crippen molar-refractivity contribution in [3.63, 3.8) is 0 Å². The fourth-order valence-corrected chi connectivity index (χ4v) is 2.46. The van der Waals surface area contributed by atoms with Gasteiger partial charge in [0.2, 0.25) is 0 Å². The molecule has 0 aromatic heterocycles. The molecule has 5 heteroatoms. The second-order valence-corrected chi connectivity index (χ2v) is 5.39. The lowest BCUT2D eigenvalue weighted by Gasteiger charge is -2.12. The van der Waals surface area contributed by atoms with Crippen LogP contribution in [0.25, 0.3) is 0 Å². The molecule has 0 amide bonds. The number of aromatic carboxylic acids is 1. The molecular weight excluding hydrogens is 330 g/mol. The van der Waals surface area contributed by atoms with Gasteiger partial charge < -0.3 is 10.4 Å². The topological polar surface area (TPSA) is 49.3 Å². The van der Waals surface area contributed by atoms with Gasteiger partial charge in [-0.1, -0.05) is 23.2 Å². The summed E-state index contributed by atoms with van der Waals surface area (Å²) in [7, 11) is 0. The van der Waals surface area contributed by atoms with Crippen molar-refractivity contribution in [1.82, 2.24) is 0 Å². The summed E-state index contributed by atoms with van der Waals surface area (Å²) in [5, 5.41) is 12.9. The molecule has 0 heterocycles. The number of rotatable bonds is 3. The number of carbonyl (C=O) groups is 1. The molecule has 19 heavy (non-hydrogen) atoms. The van der Waals surface area contributed by atoms with Crippen molar-refractivity contribution in [2.24, 2.45) is 0 Å². The van der Waals surface area contributed by atoms with E-state index in [1.54, 1.807) is 30.3 Å². The zero-order chi connectivity index (χ0) is 14.0. The molecule has 2 N–H and O–H groups in total. The molecule has 0 atom stereocenters. The van der Waals surface area contributed by atoms with E-state index in [9.17, 15) is 9.90 Å². The zero-order valence-corrected chi connectivity index (χ0v) is 12.4. The number of benzene rings is 2. The molecule has 0 bridgehead atoms. The molecule has 0 saturated carbocycles. The van der Waals surface area contributed by atoms with Crippen LogP contribution in [0.4, 0.5) is 11.4 Å². The van der Waals surface area contributed by atoms with Crippen molar-refractivity contribution >= 4 is 44.9 Å². The van der Waals surface area contributed by atoms with Crippen LogP contribution in [-0.2, 0) is 0 Å². The quantitative estimate of drug-likeness (QED) is 0.839. The molecule has 2 aromatic carbocycles. The second kappa shape index (κ2) is 5.63. The van der Waals surface area contributed by atoms with E-state index >= 15 is 0 Å². The third-order valence-electron chi connectivity index (χ3n) is 2.61. The summed E-state index contributed by atoms with van der Waals surface area (Å²) in [5.74, 6) is -0.962. The molecule has 0 saturated heterocycles. The number of hydrogen-bond donors (Lipinski definition) is 2. The minimum Gasteiger partial charge on any atom is -0.478 e. The van der Waals surface area contributed by atoms with E-state index in [2.05, 4.69) is 21.2 Å². The minimum atomic E-state index is -0.962. The predicted molar refractivity (Wildman–Crippen MR) is 80.6 cm³/mol. The van der Waals surface area contributed by atoms with Crippen LogP contribution in [0.15, 0.2) is 40.9 Å². The molecule has 0 fully saturated rings. The molecule has 0 unspecified atom stereocenters. The molecule has 0 radical (unpaired) electrons. The number of hydrogen-bond acceptors (Lipinski definition) is 2. The van der Waals surface area contributed by atoms with Crippen LogP contribution in [0, 0.1) is 6.92 Å². The number of halogens is 2. The van der Waals surface area contributed by atoms with E-state index in [4.69, 9.17) is 11.6 Å². The summed E-state index contributed by atoms with van der Waals surface area (Å²) in [6.45, 7) is 1.86. The Morgan fingerprint density at radius 3 is 2.53 bits per heavy atom. The van der Waals surface area contributed by atoms with Crippen LogP contribution in [0.1, 0.15) is 15.9 Å². The van der Waals surface area contributed by atoms with Gasteiger partial charge in [-0.2, -0.15) is 0 Å². The van der Waals surface area contributed by atoms with Crippen LogP contribution in [-0.4, -0.2) is 11.1 Å². The standard InChI is InChI=1S/C14H11BrClNO2/c1-8-2-4-12(10(6-8)14(18)19)17-13-5-3-9(16)7-11(13)15/h2-7,17H,1H3,(H,18,19). The summed E-state index contributed by atoms with van der Waals surface area (Å²) in [6, 6.07) is 10.5. The van der Waals surface area contributed by atoms with E-state index in [1.807, 2.05) is 13.0 Å². The fraction of sp³-hybridized carbons (Fsp3) is 0.0714. The van der Waals surface area contributed by atoms with Crippen LogP contribution in [0.5, 0.6) is 0 Å².